The van der Waals surface area contributed by atoms with E-state index in [2.05, 4.69) is 10.2 Å². The Balaban J connectivity index is 2.02. The van der Waals surface area contributed by atoms with Gasteiger partial charge >= 0.3 is 0 Å². The maximum absolute atomic E-state index is 9.87. The zero-order valence-electron chi connectivity index (χ0n) is 11.3. The van der Waals surface area contributed by atoms with Gasteiger partial charge in [-0.2, -0.15) is 5.10 Å². The topological polar surface area (TPSA) is 106 Å². The first-order valence-corrected chi connectivity index (χ1v) is 6.27. The molecule has 0 aromatic heterocycles. The number of phenols is 1. The van der Waals surface area contributed by atoms with Crippen LogP contribution >= 0.6 is 0 Å². The highest BCUT2D eigenvalue weighted by atomic mass is 16.5. The Hall–Kier alpha value is -3.02. The van der Waals surface area contributed by atoms with Crippen LogP contribution in [0.15, 0.2) is 58.7 Å². The molecule has 5 N–H and O–H groups in total. The molecule has 0 fully saturated rings. The van der Waals surface area contributed by atoms with Gasteiger partial charge in [0.15, 0.2) is 0 Å². The molecule has 0 saturated carbocycles. The second-order valence-corrected chi connectivity index (χ2v) is 4.26. The monoisotopic (exact) mass is 284 g/mol. The molecule has 0 radical (unpaired) electrons. The van der Waals surface area contributed by atoms with Crippen LogP contribution in [-0.2, 0) is 6.61 Å². The highest BCUT2D eigenvalue weighted by molar-refractivity contribution is 5.84. The van der Waals surface area contributed by atoms with Crippen LogP contribution in [0.25, 0.3) is 0 Å². The molecular weight excluding hydrogens is 268 g/mol. The lowest BCUT2D eigenvalue weighted by atomic mass is 10.2. The molecule has 6 nitrogen and oxygen atoms in total. The summed E-state index contributed by atoms with van der Waals surface area (Å²) >= 11 is 0. The van der Waals surface area contributed by atoms with Crippen molar-refractivity contribution >= 4 is 12.2 Å². The van der Waals surface area contributed by atoms with Crippen molar-refractivity contribution in [1.82, 2.24) is 0 Å². The number of phenolic OH excluding ortho intramolecular Hbond substituents is 1. The number of nitrogens with zero attached hydrogens (tertiary/aromatic N) is 2. The summed E-state index contributed by atoms with van der Waals surface area (Å²) < 4.78 is 5.60. The fraction of sp³-hybridized carbons (Fsp3) is 0.0667. The van der Waals surface area contributed by atoms with Crippen LogP contribution in [0.3, 0.4) is 0 Å². The van der Waals surface area contributed by atoms with E-state index in [0.717, 1.165) is 5.56 Å². The standard InChI is InChI=1S/C15H16N4O2/c16-15(17)19-18-9-12-6-7-13(8-14(12)20)21-10-11-4-2-1-3-5-11/h1-9,20H,10H2,(H4,16,17,19)/b18-9+. The van der Waals surface area contributed by atoms with E-state index in [9.17, 15) is 5.11 Å². The smallest absolute Gasteiger partial charge is 0.211 e. The number of nitrogens with two attached hydrogens (primary N) is 2. The Morgan fingerprint density at radius 1 is 1.14 bits per heavy atom. The van der Waals surface area contributed by atoms with Crippen LogP contribution in [0.4, 0.5) is 0 Å². The zero-order chi connectivity index (χ0) is 15.1. The molecule has 0 atom stereocenters. The summed E-state index contributed by atoms with van der Waals surface area (Å²) in [6, 6.07) is 14.7. The first-order valence-electron chi connectivity index (χ1n) is 6.27. The highest BCUT2D eigenvalue weighted by Gasteiger charge is 2.02. The normalized spacial score (nSPS) is 10.5. The molecule has 2 rings (SSSR count). The molecule has 0 bridgehead atoms. The van der Waals surface area contributed by atoms with Crippen LogP contribution in [0.5, 0.6) is 11.5 Å². The van der Waals surface area contributed by atoms with E-state index in [1.807, 2.05) is 30.3 Å². The Morgan fingerprint density at radius 2 is 1.90 bits per heavy atom. The van der Waals surface area contributed by atoms with Gasteiger partial charge in [-0.15, -0.1) is 5.10 Å². The number of guanidine groups is 1. The second kappa shape index (κ2) is 6.95. The van der Waals surface area contributed by atoms with Gasteiger partial charge in [0.1, 0.15) is 18.1 Å². The van der Waals surface area contributed by atoms with Crippen LogP contribution in [-0.4, -0.2) is 17.3 Å². The number of ether oxygens (including phenoxy) is 1. The lowest BCUT2D eigenvalue weighted by molar-refractivity contribution is 0.304. The van der Waals surface area contributed by atoms with Crippen LogP contribution < -0.4 is 16.2 Å². The van der Waals surface area contributed by atoms with Crippen LogP contribution in [0, 0.1) is 0 Å². The number of hydrogen-bond acceptors (Lipinski definition) is 4. The molecule has 2 aromatic rings. The van der Waals surface area contributed by atoms with Gasteiger partial charge in [-0.05, 0) is 17.7 Å². The van der Waals surface area contributed by atoms with E-state index in [1.54, 1.807) is 12.1 Å². The third-order valence-corrected chi connectivity index (χ3v) is 2.62. The van der Waals surface area contributed by atoms with Crippen molar-refractivity contribution in [3.05, 3.63) is 59.7 Å². The average Bonchev–Trinajstić information content (AvgIpc) is 2.48. The minimum atomic E-state index is -0.145. The lowest BCUT2D eigenvalue weighted by Crippen LogP contribution is -2.21. The summed E-state index contributed by atoms with van der Waals surface area (Å²) in [5.74, 6) is 0.457. The van der Waals surface area contributed by atoms with Gasteiger partial charge in [-0.1, -0.05) is 30.3 Å². The van der Waals surface area contributed by atoms with Crippen molar-refractivity contribution in [2.45, 2.75) is 6.61 Å². The van der Waals surface area contributed by atoms with Gasteiger partial charge in [0.05, 0.1) is 6.21 Å². The molecule has 0 aliphatic carbocycles. The van der Waals surface area contributed by atoms with Crippen molar-refractivity contribution in [3.63, 3.8) is 0 Å². The van der Waals surface area contributed by atoms with Gasteiger partial charge in [0, 0.05) is 11.6 Å². The quantitative estimate of drug-likeness (QED) is 0.440. The van der Waals surface area contributed by atoms with E-state index in [4.69, 9.17) is 16.2 Å². The SMILES string of the molecule is NC(N)=N/N=C/c1ccc(OCc2ccccc2)cc1O. The fourth-order valence-corrected chi connectivity index (χ4v) is 1.62. The van der Waals surface area contributed by atoms with Gasteiger partial charge in [-0.3, -0.25) is 0 Å². The second-order valence-electron chi connectivity index (χ2n) is 4.26. The Morgan fingerprint density at radius 3 is 2.57 bits per heavy atom. The van der Waals surface area contributed by atoms with Crippen LogP contribution in [0.2, 0.25) is 0 Å². The van der Waals surface area contributed by atoms with Crippen molar-refractivity contribution in [2.75, 3.05) is 0 Å². The third kappa shape index (κ3) is 4.54. The predicted octanol–water partition coefficient (Wildman–Crippen LogP) is 1.58. The third-order valence-electron chi connectivity index (χ3n) is 2.62. The molecule has 108 valence electrons. The Kier molecular flexibility index (Phi) is 4.76. The Labute approximate surface area is 122 Å². The molecule has 0 unspecified atom stereocenters. The number of aromatic hydroxyl groups is 1. The summed E-state index contributed by atoms with van der Waals surface area (Å²) in [6.07, 6.45) is 1.36. The molecule has 0 saturated heterocycles. The summed E-state index contributed by atoms with van der Waals surface area (Å²) in [6.45, 7) is 0.432. The molecule has 0 heterocycles. The van der Waals surface area contributed by atoms with E-state index in [0.29, 0.717) is 17.9 Å². The molecule has 0 aliphatic rings. The van der Waals surface area contributed by atoms with E-state index < -0.39 is 0 Å². The summed E-state index contributed by atoms with van der Waals surface area (Å²) in [4.78, 5) is 0. The van der Waals surface area contributed by atoms with Crippen molar-refractivity contribution in [3.8, 4) is 11.5 Å². The largest absolute Gasteiger partial charge is 0.507 e. The molecule has 0 aliphatic heterocycles. The van der Waals surface area contributed by atoms with Gasteiger partial charge < -0.3 is 21.3 Å². The molecule has 0 amide bonds. The van der Waals surface area contributed by atoms with Crippen molar-refractivity contribution in [2.24, 2.45) is 21.7 Å². The minimum absolute atomic E-state index is 0.0371. The average molecular weight is 284 g/mol. The molecule has 0 spiro atoms. The van der Waals surface area contributed by atoms with Gasteiger partial charge in [0.2, 0.25) is 5.96 Å². The molecule has 21 heavy (non-hydrogen) atoms. The number of hydrogen-bond donors (Lipinski definition) is 3. The summed E-state index contributed by atoms with van der Waals surface area (Å²) in [5, 5.41) is 17.0. The fourth-order valence-electron chi connectivity index (χ4n) is 1.62. The number of benzene rings is 2. The first-order chi connectivity index (χ1) is 10.1. The minimum Gasteiger partial charge on any atom is -0.507 e. The van der Waals surface area contributed by atoms with Crippen molar-refractivity contribution in [1.29, 1.82) is 0 Å². The van der Waals surface area contributed by atoms with Crippen LogP contribution in [0.1, 0.15) is 11.1 Å². The highest BCUT2D eigenvalue weighted by Crippen LogP contribution is 2.23. The van der Waals surface area contributed by atoms with Crippen molar-refractivity contribution < 1.29 is 9.84 Å². The lowest BCUT2D eigenvalue weighted by Gasteiger charge is -2.07. The summed E-state index contributed by atoms with van der Waals surface area (Å²) in [7, 11) is 0. The molecule has 2 aromatic carbocycles. The Bertz CT molecular complexity index is 650. The van der Waals surface area contributed by atoms with Gasteiger partial charge in [-0.25, -0.2) is 0 Å². The predicted molar refractivity (Wildman–Crippen MR) is 82.3 cm³/mol. The molecule has 6 heteroatoms. The molecular formula is C15H16N4O2. The zero-order valence-corrected chi connectivity index (χ0v) is 11.3. The maximum atomic E-state index is 9.87. The van der Waals surface area contributed by atoms with E-state index in [-0.39, 0.29) is 11.7 Å². The number of rotatable bonds is 5. The maximum Gasteiger partial charge on any atom is 0.211 e. The van der Waals surface area contributed by atoms with Gasteiger partial charge in [0.25, 0.3) is 0 Å². The van der Waals surface area contributed by atoms with E-state index >= 15 is 0 Å². The first kappa shape index (κ1) is 14.4. The van der Waals surface area contributed by atoms with E-state index in [1.165, 1.54) is 12.3 Å². The summed E-state index contributed by atoms with van der Waals surface area (Å²) in [5.41, 5.74) is 11.8.